The van der Waals surface area contributed by atoms with Crippen LogP contribution in [0.3, 0.4) is 0 Å². The van der Waals surface area contributed by atoms with Crippen LogP contribution in [0.25, 0.3) is 17.2 Å². The number of hydrogen-bond acceptors (Lipinski definition) is 3. The van der Waals surface area contributed by atoms with Gasteiger partial charge < -0.3 is 15.1 Å². The molecule has 5 nitrogen and oxygen atoms in total. The van der Waals surface area contributed by atoms with Crippen LogP contribution in [0.5, 0.6) is 0 Å². The Balaban J connectivity index is 1.66. The van der Waals surface area contributed by atoms with Gasteiger partial charge in [0.2, 0.25) is 0 Å². The lowest BCUT2D eigenvalue weighted by Crippen LogP contribution is -2.35. The van der Waals surface area contributed by atoms with Gasteiger partial charge in [-0.25, -0.2) is 9.59 Å². The maximum atomic E-state index is 12.1. The van der Waals surface area contributed by atoms with E-state index in [0.29, 0.717) is 6.42 Å². The van der Waals surface area contributed by atoms with Gasteiger partial charge in [-0.3, -0.25) is 0 Å². The summed E-state index contributed by atoms with van der Waals surface area (Å²) < 4.78 is 0. The number of rotatable bonds is 5. The lowest BCUT2D eigenvalue weighted by Gasteiger charge is -2.25. The topological polar surface area (TPSA) is 77.8 Å². The molecule has 3 aromatic carbocycles. The first kappa shape index (κ1) is 22.3. The Morgan fingerprint density at radius 3 is 2.12 bits per heavy atom. The van der Waals surface area contributed by atoms with E-state index in [-0.39, 0.29) is 5.41 Å². The second-order valence-corrected chi connectivity index (χ2v) is 9.36. The number of nitrogens with zero attached hydrogens (tertiary/aromatic N) is 1. The van der Waals surface area contributed by atoms with Gasteiger partial charge in [0.15, 0.2) is 0 Å². The third-order valence-corrected chi connectivity index (χ3v) is 6.02. The molecule has 0 saturated heterocycles. The minimum atomic E-state index is -1.01. The molecule has 1 aliphatic heterocycles. The maximum Gasteiger partial charge on any atom is 0.328 e. The van der Waals surface area contributed by atoms with Gasteiger partial charge in [-0.05, 0) is 63.6 Å². The predicted octanol–water partition coefficient (Wildman–Crippen LogP) is 5.90. The lowest BCUT2D eigenvalue weighted by molar-refractivity contribution is -0.138. The fourth-order valence-corrected chi connectivity index (χ4v) is 4.22. The van der Waals surface area contributed by atoms with Crippen LogP contribution in [0.4, 0.5) is 11.4 Å². The van der Waals surface area contributed by atoms with Crippen LogP contribution in [-0.2, 0) is 21.4 Å². The van der Waals surface area contributed by atoms with Crippen LogP contribution < -0.4 is 4.90 Å². The molecular weight excluding hydrogens is 414 g/mol. The molecule has 0 aliphatic carbocycles. The first-order chi connectivity index (χ1) is 15.6. The third kappa shape index (κ3) is 4.67. The Bertz CT molecular complexity index is 1220. The van der Waals surface area contributed by atoms with E-state index in [2.05, 4.69) is 51.1 Å². The smallest absolute Gasteiger partial charge is 0.328 e. The van der Waals surface area contributed by atoms with Crippen LogP contribution >= 0.6 is 0 Å². The predicted molar refractivity (Wildman–Crippen MR) is 131 cm³/mol. The molecule has 0 aromatic heterocycles. The van der Waals surface area contributed by atoms with Crippen molar-refractivity contribution < 1.29 is 19.8 Å². The lowest BCUT2D eigenvalue weighted by atomic mass is 9.86. The van der Waals surface area contributed by atoms with Crippen LogP contribution in [0.15, 0.2) is 72.8 Å². The van der Waals surface area contributed by atoms with Crippen LogP contribution in [0.1, 0.15) is 37.5 Å². The van der Waals surface area contributed by atoms with E-state index in [4.69, 9.17) is 5.11 Å². The number of fused-ring (bicyclic) bond motifs is 1. The molecule has 0 spiro atoms. The van der Waals surface area contributed by atoms with Crippen molar-refractivity contribution in [3.05, 3.63) is 89.5 Å². The SMILES string of the molecule is CC(C)(C)c1ccc(-c2ccc3c(c2)CC(C(=O)O)N3c2ccc(C=CC(=O)O)cc2)cc1. The summed E-state index contributed by atoms with van der Waals surface area (Å²) in [5.41, 5.74) is 6.90. The highest BCUT2D eigenvalue weighted by Crippen LogP contribution is 2.40. The van der Waals surface area contributed by atoms with E-state index >= 15 is 0 Å². The number of aliphatic carboxylic acids is 2. The summed E-state index contributed by atoms with van der Waals surface area (Å²) >= 11 is 0. The minimum Gasteiger partial charge on any atom is -0.480 e. The maximum absolute atomic E-state index is 12.1. The summed E-state index contributed by atoms with van der Waals surface area (Å²) in [7, 11) is 0. The number of carboxylic acid groups (broad SMARTS) is 2. The Kier molecular flexibility index (Phi) is 5.81. The number of carbonyl (C=O) groups is 2. The van der Waals surface area contributed by atoms with E-state index in [0.717, 1.165) is 39.7 Å². The Hall–Kier alpha value is -3.86. The van der Waals surface area contributed by atoms with E-state index in [9.17, 15) is 14.7 Å². The molecule has 1 unspecified atom stereocenters. The van der Waals surface area contributed by atoms with Gasteiger partial charge in [0.05, 0.1) is 0 Å². The van der Waals surface area contributed by atoms with Crippen molar-refractivity contribution >= 4 is 29.4 Å². The Morgan fingerprint density at radius 2 is 1.55 bits per heavy atom. The van der Waals surface area contributed by atoms with Crippen molar-refractivity contribution in [3.8, 4) is 11.1 Å². The largest absolute Gasteiger partial charge is 0.480 e. The van der Waals surface area contributed by atoms with Gasteiger partial charge in [-0.15, -0.1) is 0 Å². The molecule has 0 radical (unpaired) electrons. The molecule has 4 rings (SSSR count). The highest BCUT2D eigenvalue weighted by atomic mass is 16.4. The highest BCUT2D eigenvalue weighted by Gasteiger charge is 2.35. The molecule has 1 heterocycles. The van der Waals surface area contributed by atoms with Gasteiger partial charge in [-0.1, -0.05) is 63.2 Å². The zero-order chi connectivity index (χ0) is 23.8. The van der Waals surface area contributed by atoms with Gasteiger partial charge in [0, 0.05) is 23.9 Å². The third-order valence-electron chi connectivity index (χ3n) is 6.02. The van der Waals surface area contributed by atoms with Crippen molar-refractivity contribution in [1.29, 1.82) is 0 Å². The number of carboxylic acids is 2. The average Bonchev–Trinajstić information content (AvgIpc) is 3.17. The Morgan fingerprint density at radius 1 is 0.909 bits per heavy atom. The second-order valence-electron chi connectivity index (χ2n) is 9.36. The van der Waals surface area contributed by atoms with E-state index in [1.54, 1.807) is 12.1 Å². The van der Waals surface area contributed by atoms with E-state index in [1.807, 2.05) is 29.2 Å². The molecule has 0 saturated carbocycles. The average molecular weight is 442 g/mol. The summed E-state index contributed by atoms with van der Waals surface area (Å²) in [6.45, 7) is 6.56. The van der Waals surface area contributed by atoms with Crippen molar-refractivity contribution in [2.24, 2.45) is 0 Å². The summed E-state index contributed by atoms with van der Waals surface area (Å²) in [5.74, 6) is -1.89. The van der Waals surface area contributed by atoms with Gasteiger partial charge in [0.25, 0.3) is 0 Å². The van der Waals surface area contributed by atoms with Gasteiger partial charge in [-0.2, -0.15) is 0 Å². The molecule has 1 atom stereocenters. The minimum absolute atomic E-state index is 0.0879. The van der Waals surface area contributed by atoms with Crippen LogP contribution in [-0.4, -0.2) is 28.2 Å². The van der Waals surface area contributed by atoms with Gasteiger partial charge in [0.1, 0.15) is 6.04 Å². The number of anilines is 2. The van der Waals surface area contributed by atoms with Crippen molar-refractivity contribution in [2.45, 2.75) is 38.6 Å². The summed E-state index contributed by atoms with van der Waals surface area (Å²) in [6.07, 6.45) is 3.00. The molecule has 2 N–H and O–H groups in total. The van der Waals surface area contributed by atoms with Crippen molar-refractivity contribution in [1.82, 2.24) is 0 Å². The molecular formula is C28H27NO4. The highest BCUT2D eigenvalue weighted by molar-refractivity contribution is 5.89. The quantitative estimate of drug-likeness (QED) is 0.482. The summed E-state index contributed by atoms with van der Waals surface area (Å²) in [5, 5.41) is 18.7. The monoisotopic (exact) mass is 441 g/mol. The van der Waals surface area contributed by atoms with E-state index < -0.39 is 18.0 Å². The standard InChI is InChI=1S/C28H27NO4/c1-28(2,3)22-10-7-19(8-11-22)20-9-14-24-21(16-20)17-25(27(32)33)29(24)23-12-4-18(5-13-23)6-15-26(30)31/h4-16,25H,17H2,1-3H3,(H,30,31)(H,32,33). The first-order valence-electron chi connectivity index (χ1n) is 10.9. The van der Waals surface area contributed by atoms with Crippen molar-refractivity contribution in [2.75, 3.05) is 4.90 Å². The fourth-order valence-electron chi connectivity index (χ4n) is 4.22. The number of benzene rings is 3. The normalized spacial score (nSPS) is 15.6. The molecule has 0 bridgehead atoms. The van der Waals surface area contributed by atoms with Crippen LogP contribution in [0, 0.1) is 0 Å². The molecule has 0 fully saturated rings. The molecule has 1 aliphatic rings. The van der Waals surface area contributed by atoms with E-state index in [1.165, 1.54) is 11.6 Å². The molecule has 5 heteroatoms. The van der Waals surface area contributed by atoms with Crippen molar-refractivity contribution in [3.63, 3.8) is 0 Å². The zero-order valence-corrected chi connectivity index (χ0v) is 18.9. The summed E-state index contributed by atoms with van der Waals surface area (Å²) in [6, 6.07) is 21.2. The molecule has 33 heavy (non-hydrogen) atoms. The molecule has 0 amide bonds. The van der Waals surface area contributed by atoms with Crippen LogP contribution in [0.2, 0.25) is 0 Å². The van der Waals surface area contributed by atoms with Gasteiger partial charge >= 0.3 is 11.9 Å². The first-order valence-corrected chi connectivity index (χ1v) is 10.9. The Labute approximate surface area is 193 Å². The summed E-state index contributed by atoms with van der Waals surface area (Å²) in [4.78, 5) is 24.6. The second kappa shape index (κ2) is 8.58. The fraction of sp³-hybridized carbons (Fsp3) is 0.214. The molecule has 3 aromatic rings. The zero-order valence-electron chi connectivity index (χ0n) is 18.9. The number of hydrogen-bond donors (Lipinski definition) is 2. The molecule has 168 valence electrons.